The molecule has 3 aromatic rings. The summed E-state index contributed by atoms with van der Waals surface area (Å²) in [5.74, 6) is 1.58. The molecule has 0 saturated carbocycles. The highest BCUT2D eigenvalue weighted by Crippen LogP contribution is 2.31. The Morgan fingerprint density at radius 1 is 0.754 bits per heavy atom. The molecule has 2 aliphatic heterocycles. The monoisotopic (exact) mass is 964 g/mol. The van der Waals surface area contributed by atoms with Crippen molar-refractivity contribution >= 4 is 45.4 Å². The molecule has 1 unspecified atom stereocenters. The van der Waals surface area contributed by atoms with Crippen molar-refractivity contribution in [3.8, 4) is 17.2 Å². The third kappa shape index (κ3) is 20.4. The molecule has 2 aromatic carbocycles. The predicted octanol–water partition coefficient (Wildman–Crippen LogP) is 9.14. The number of ether oxygens (including phenoxy) is 5. The Kier molecular flexibility index (Phi) is 19.2. The number of esters is 1. The molecule has 0 radical (unpaired) electrons. The summed E-state index contributed by atoms with van der Waals surface area (Å²) in [6.45, 7) is 20.9. The van der Waals surface area contributed by atoms with E-state index in [-0.39, 0.29) is 29.5 Å². The van der Waals surface area contributed by atoms with E-state index in [1.807, 2.05) is 90.1 Å². The Balaban J connectivity index is 0.000000231. The standard InChI is InChI=1S/C22H30ClN3O4.C15H22ClNO4S.C10H14O3/c1-21(2,3)30-20(27)26-16-19(15-24-26)28-14-13-25-11-9-22(4,10-12-25)29-18-7-5-17(23)6-8-18;1-15(21-14-5-3-13(16)4-6-14)7-9-17(10-8-15)11-12-20-22(2,18)19;1-10(2,3)13-9(12)7-4-5-8(11)6-7/h5-8,15-16H,9-14H2,1-4H3;3-6H,7-12H2,1-2H3;4-7,11H,1-3H3. The van der Waals surface area contributed by atoms with Crippen LogP contribution in [0.1, 0.15) is 81.1 Å². The summed E-state index contributed by atoms with van der Waals surface area (Å²) in [5.41, 5.74) is -1.43. The van der Waals surface area contributed by atoms with E-state index in [4.69, 9.17) is 56.2 Å². The second-order valence-electron chi connectivity index (χ2n) is 18.7. The van der Waals surface area contributed by atoms with Gasteiger partial charge < -0.3 is 33.7 Å². The first-order chi connectivity index (χ1) is 30.3. The molecule has 18 heteroatoms. The fraction of sp³-hybridized carbons (Fsp3) is 0.553. The number of aliphatic hydroxyl groups is 1. The van der Waals surface area contributed by atoms with E-state index in [2.05, 4.69) is 28.7 Å². The van der Waals surface area contributed by atoms with Gasteiger partial charge in [-0.3, -0.25) is 13.9 Å². The first-order valence-corrected chi connectivity index (χ1v) is 24.2. The Labute approximate surface area is 394 Å². The number of allylic oxidation sites excluding steroid dienone is 1. The van der Waals surface area contributed by atoms with Crippen LogP contribution in [0.4, 0.5) is 4.79 Å². The van der Waals surface area contributed by atoms with Crippen molar-refractivity contribution in [2.24, 2.45) is 5.92 Å². The lowest BCUT2D eigenvalue weighted by molar-refractivity contribution is -0.156. The maximum Gasteiger partial charge on any atom is 0.435 e. The van der Waals surface area contributed by atoms with Crippen LogP contribution in [-0.2, 0) is 28.6 Å². The predicted molar refractivity (Wildman–Crippen MR) is 252 cm³/mol. The van der Waals surface area contributed by atoms with E-state index in [0.29, 0.717) is 28.9 Å². The lowest BCUT2D eigenvalue weighted by Gasteiger charge is -2.39. The number of piperidine rings is 2. The highest BCUT2D eigenvalue weighted by Gasteiger charge is 2.33. The third-order valence-corrected chi connectivity index (χ3v) is 11.3. The molecule has 0 bridgehead atoms. The molecule has 360 valence electrons. The average molecular weight is 966 g/mol. The molecule has 15 nitrogen and oxygen atoms in total. The number of benzene rings is 2. The minimum Gasteiger partial charge on any atom is -0.508 e. The molecule has 0 amide bonds. The smallest absolute Gasteiger partial charge is 0.435 e. The molecule has 2 fully saturated rings. The number of carbonyl (C=O) groups is 2. The van der Waals surface area contributed by atoms with Gasteiger partial charge in [0.05, 0.1) is 31.2 Å². The Morgan fingerprint density at radius 3 is 1.63 bits per heavy atom. The molecule has 1 aromatic heterocycles. The normalized spacial score (nSPS) is 18.5. The summed E-state index contributed by atoms with van der Waals surface area (Å²) in [6.07, 6.45) is 11.8. The Bertz CT molecular complexity index is 2150. The number of nitrogens with zero attached hydrogens (tertiary/aromatic N) is 4. The molecule has 0 spiro atoms. The number of rotatable bonds is 13. The summed E-state index contributed by atoms with van der Waals surface area (Å²) in [5, 5.41) is 14.4. The van der Waals surface area contributed by atoms with E-state index < -0.39 is 33.3 Å². The highest BCUT2D eigenvalue weighted by atomic mass is 35.5. The maximum absolute atomic E-state index is 12.0. The van der Waals surface area contributed by atoms with Gasteiger partial charge in [-0.25, -0.2) is 4.79 Å². The topological polar surface area (TPSA) is 168 Å². The van der Waals surface area contributed by atoms with Gasteiger partial charge in [-0.15, -0.1) is 0 Å². The van der Waals surface area contributed by atoms with Crippen LogP contribution in [0.5, 0.6) is 17.2 Å². The molecule has 1 atom stereocenters. The van der Waals surface area contributed by atoms with Crippen molar-refractivity contribution in [2.75, 3.05) is 58.7 Å². The molecule has 1 aliphatic carbocycles. The van der Waals surface area contributed by atoms with E-state index >= 15 is 0 Å². The lowest BCUT2D eigenvalue weighted by Crippen LogP contribution is -2.47. The van der Waals surface area contributed by atoms with Crippen molar-refractivity contribution in [2.45, 2.75) is 103 Å². The van der Waals surface area contributed by atoms with E-state index in [1.54, 1.807) is 12.3 Å². The van der Waals surface area contributed by atoms with Crippen LogP contribution >= 0.6 is 23.2 Å². The van der Waals surface area contributed by atoms with Gasteiger partial charge in [0, 0.05) is 49.3 Å². The zero-order valence-electron chi connectivity index (χ0n) is 39.1. The van der Waals surface area contributed by atoms with Crippen LogP contribution < -0.4 is 14.2 Å². The molecule has 3 heterocycles. The maximum atomic E-state index is 12.0. The highest BCUT2D eigenvalue weighted by molar-refractivity contribution is 7.85. The summed E-state index contributed by atoms with van der Waals surface area (Å²) in [7, 11) is -3.35. The fourth-order valence-corrected chi connectivity index (χ4v) is 7.32. The summed E-state index contributed by atoms with van der Waals surface area (Å²) < 4.78 is 56.3. The van der Waals surface area contributed by atoms with Crippen LogP contribution in [0.3, 0.4) is 0 Å². The van der Waals surface area contributed by atoms with Crippen molar-refractivity contribution in [3.05, 3.63) is 95.0 Å². The minimum atomic E-state index is -3.35. The molecular weight excluding hydrogens is 900 g/mol. The van der Waals surface area contributed by atoms with E-state index in [9.17, 15) is 18.0 Å². The van der Waals surface area contributed by atoms with Crippen molar-refractivity contribution in [1.82, 2.24) is 19.6 Å². The van der Waals surface area contributed by atoms with E-state index in [1.165, 1.54) is 18.3 Å². The second kappa shape index (κ2) is 23.4. The summed E-state index contributed by atoms with van der Waals surface area (Å²) >= 11 is 11.8. The van der Waals surface area contributed by atoms with Gasteiger partial charge in [-0.2, -0.15) is 18.2 Å². The van der Waals surface area contributed by atoms with Crippen LogP contribution in [0.15, 0.2) is 84.9 Å². The molecular formula is C47H66Cl2N4O11S. The number of halogens is 2. The zero-order chi connectivity index (χ0) is 48.1. The van der Waals surface area contributed by atoms with Crippen LogP contribution in [0.2, 0.25) is 10.0 Å². The van der Waals surface area contributed by atoms with Gasteiger partial charge >= 0.3 is 12.1 Å². The van der Waals surface area contributed by atoms with Gasteiger partial charge in [0.15, 0.2) is 5.75 Å². The first kappa shape index (κ1) is 53.3. The number of carbonyl (C=O) groups excluding carboxylic acids is 2. The average Bonchev–Trinajstić information content (AvgIpc) is 3.87. The number of aliphatic hydroxyl groups excluding tert-OH is 1. The van der Waals surface area contributed by atoms with Crippen LogP contribution in [-0.4, -0.2) is 126 Å². The van der Waals surface area contributed by atoms with Gasteiger partial charge in [-0.05, 0) is 142 Å². The minimum absolute atomic E-state index is 0.121. The summed E-state index contributed by atoms with van der Waals surface area (Å²) in [6, 6.07) is 14.9. The summed E-state index contributed by atoms with van der Waals surface area (Å²) in [4.78, 5) is 27.9. The molecule has 3 aliphatic rings. The third-order valence-electron chi connectivity index (χ3n) is 10.2. The van der Waals surface area contributed by atoms with Gasteiger partial charge in [0.25, 0.3) is 10.1 Å². The van der Waals surface area contributed by atoms with Crippen LogP contribution in [0.25, 0.3) is 0 Å². The molecule has 65 heavy (non-hydrogen) atoms. The number of hydrogen-bond donors (Lipinski definition) is 1. The molecule has 6 rings (SSSR count). The second-order valence-corrected chi connectivity index (χ2v) is 21.2. The van der Waals surface area contributed by atoms with Crippen molar-refractivity contribution in [1.29, 1.82) is 0 Å². The van der Waals surface area contributed by atoms with Gasteiger partial charge in [0.1, 0.15) is 46.3 Å². The van der Waals surface area contributed by atoms with Crippen molar-refractivity contribution in [3.63, 3.8) is 0 Å². The molecule has 1 N–H and O–H groups in total. The van der Waals surface area contributed by atoms with Gasteiger partial charge in [-0.1, -0.05) is 29.3 Å². The Morgan fingerprint density at radius 2 is 1.22 bits per heavy atom. The fourth-order valence-electron chi connectivity index (χ4n) is 6.69. The number of hydrogen-bond acceptors (Lipinski definition) is 14. The largest absolute Gasteiger partial charge is 0.508 e. The quantitative estimate of drug-likeness (QED) is 0.127. The van der Waals surface area contributed by atoms with Crippen LogP contribution in [0, 0.1) is 5.92 Å². The van der Waals surface area contributed by atoms with Crippen molar-refractivity contribution < 1.29 is 51.0 Å². The Hall–Kier alpha value is -4.32. The number of aromatic nitrogens is 2. The molecule has 2 saturated heterocycles. The zero-order valence-corrected chi connectivity index (χ0v) is 41.4. The van der Waals surface area contributed by atoms with Gasteiger partial charge in [0.2, 0.25) is 0 Å². The van der Waals surface area contributed by atoms with E-state index in [0.717, 1.165) is 80.8 Å². The first-order valence-electron chi connectivity index (χ1n) is 21.7. The SMILES string of the molecule is CC(C)(C)OC(=O)C1C=CC(O)=C1.CC(C)(C)OC(=O)n1cc(OCCN2CCC(C)(Oc3ccc(Cl)cc3)CC2)cn1.CC1(Oc2ccc(Cl)cc2)CCN(CCOS(C)(=O)=O)CC1. The lowest BCUT2D eigenvalue weighted by atomic mass is 9.93. The number of likely N-dealkylation sites (tertiary alicyclic amines) is 2.